The molecule has 0 aliphatic carbocycles. The first-order valence-electron chi connectivity index (χ1n) is 8.37. The summed E-state index contributed by atoms with van der Waals surface area (Å²) in [5.74, 6) is 0.324. The van der Waals surface area contributed by atoms with E-state index in [0.717, 1.165) is 5.56 Å². The normalized spacial score (nSPS) is 12.4. The minimum absolute atomic E-state index is 0.191. The average molecular weight is 390 g/mol. The Kier molecular flexibility index (Phi) is 4.79. The minimum atomic E-state index is -3.46. The summed E-state index contributed by atoms with van der Waals surface area (Å²) in [6.45, 7) is 6.32. The highest BCUT2D eigenvalue weighted by Gasteiger charge is 2.19. The van der Waals surface area contributed by atoms with Crippen LogP contribution in [0.1, 0.15) is 26.3 Å². The van der Waals surface area contributed by atoms with E-state index in [9.17, 15) is 13.2 Å². The zero-order valence-corrected chi connectivity index (χ0v) is 16.4. The van der Waals surface area contributed by atoms with E-state index in [-0.39, 0.29) is 16.0 Å². The molecule has 0 saturated heterocycles. The summed E-state index contributed by atoms with van der Waals surface area (Å²) in [6, 6.07) is 6.45. The number of sulfonamides is 1. The smallest absolute Gasteiger partial charge is 0.263 e. The van der Waals surface area contributed by atoms with E-state index in [4.69, 9.17) is 0 Å². The Balaban J connectivity index is 1.84. The molecule has 0 aliphatic rings. The van der Waals surface area contributed by atoms with Gasteiger partial charge in [0.2, 0.25) is 16.0 Å². The van der Waals surface area contributed by atoms with E-state index in [1.165, 1.54) is 25.4 Å². The van der Waals surface area contributed by atoms with Gasteiger partial charge in [-0.2, -0.15) is 10.1 Å². The highest BCUT2D eigenvalue weighted by molar-refractivity contribution is 7.89. The van der Waals surface area contributed by atoms with Crippen LogP contribution in [0.15, 0.2) is 40.2 Å². The number of aromatic amines is 1. The first-order chi connectivity index (χ1) is 12.6. The molecule has 0 saturated carbocycles. The molecule has 0 radical (unpaired) electrons. The third kappa shape index (κ3) is 3.86. The van der Waals surface area contributed by atoms with Gasteiger partial charge in [0.25, 0.3) is 5.56 Å². The van der Waals surface area contributed by atoms with Crippen molar-refractivity contribution in [3.63, 3.8) is 0 Å². The van der Waals surface area contributed by atoms with Gasteiger partial charge < -0.3 is 5.32 Å². The molecule has 0 amide bonds. The van der Waals surface area contributed by atoms with Crippen LogP contribution in [0.5, 0.6) is 0 Å². The van der Waals surface area contributed by atoms with Gasteiger partial charge in [0, 0.05) is 6.54 Å². The number of H-pyrrole nitrogens is 1. The zero-order chi connectivity index (χ0) is 19.8. The fourth-order valence-electron chi connectivity index (χ4n) is 2.58. The molecule has 9 nitrogen and oxygen atoms in total. The summed E-state index contributed by atoms with van der Waals surface area (Å²) in [6.07, 6.45) is 1.51. The molecule has 2 heterocycles. The number of hydrogen-bond acceptors (Lipinski definition) is 6. The van der Waals surface area contributed by atoms with Crippen LogP contribution < -0.4 is 15.6 Å². The minimum Gasteiger partial charge on any atom is -0.352 e. The highest BCUT2D eigenvalue weighted by atomic mass is 32.2. The molecule has 27 heavy (non-hydrogen) atoms. The maximum atomic E-state index is 12.3. The van der Waals surface area contributed by atoms with Crippen LogP contribution in [-0.2, 0) is 22.1 Å². The SMILES string of the molecule is CNS(=O)(=O)c1ccc(CNc2nc3c(cnn3C(C)(C)C)c(=O)[nH]2)cc1. The molecule has 2 aromatic heterocycles. The van der Waals surface area contributed by atoms with Gasteiger partial charge in [-0.1, -0.05) is 12.1 Å². The Morgan fingerprint density at radius 2 is 1.85 bits per heavy atom. The van der Waals surface area contributed by atoms with Gasteiger partial charge in [0.05, 0.1) is 16.6 Å². The lowest BCUT2D eigenvalue weighted by Gasteiger charge is -2.19. The number of nitrogens with zero attached hydrogens (tertiary/aromatic N) is 3. The van der Waals surface area contributed by atoms with Crippen LogP contribution in [0.3, 0.4) is 0 Å². The van der Waals surface area contributed by atoms with E-state index in [1.807, 2.05) is 20.8 Å². The Morgan fingerprint density at radius 1 is 1.19 bits per heavy atom. The van der Waals surface area contributed by atoms with Gasteiger partial charge in [-0.25, -0.2) is 17.8 Å². The monoisotopic (exact) mass is 390 g/mol. The van der Waals surface area contributed by atoms with Gasteiger partial charge in [-0.3, -0.25) is 9.78 Å². The number of benzene rings is 1. The Labute approximate surface area is 156 Å². The lowest BCUT2D eigenvalue weighted by Crippen LogP contribution is -2.24. The van der Waals surface area contributed by atoms with Crippen LogP contribution in [0.25, 0.3) is 11.0 Å². The van der Waals surface area contributed by atoms with Crippen molar-refractivity contribution >= 4 is 27.0 Å². The standard InChI is InChI=1S/C17H22N6O3S/c1-17(2,3)23-14-13(10-20-23)15(24)22-16(21-14)19-9-11-5-7-12(8-6-11)27(25,26)18-4/h5-8,10,18H,9H2,1-4H3,(H2,19,21,22,24). The second-order valence-corrected chi connectivity index (χ2v) is 8.97. The average Bonchev–Trinajstić information content (AvgIpc) is 3.05. The molecule has 0 fully saturated rings. The third-order valence-electron chi connectivity index (χ3n) is 4.04. The van der Waals surface area contributed by atoms with Crippen LogP contribution in [-0.4, -0.2) is 35.2 Å². The summed E-state index contributed by atoms with van der Waals surface area (Å²) < 4.78 is 27.5. The van der Waals surface area contributed by atoms with Gasteiger partial charge in [0.1, 0.15) is 5.39 Å². The predicted octanol–water partition coefficient (Wildman–Crippen LogP) is 1.39. The molecule has 0 unspecified atom stereocenters. The third-order valence-corrected chi connectivity index (χ3v) is 5.47. The number of anilines is 1. The van der Waals surface area contributed by atoms with E-state index in [0.29, 0.717) is 23.5 Å². The molecule has 0 atom stereocenters. The van der Waals surface area contributed by atoms with E-state index < -0.39 is 10.0 Å². The fraction of sp³-hybridized carbons (Fsp3) is 0.353. The zero-order valence-electron chi connectivity index (χ0n) is 15.6. The topological polar surface area (TPSA) is 122 Å². The molecule has 0 aliphatic heterocycles. The number of aromatic nitrogens is 4. The maximum Gasteiger partial charge on any atom is 0.263 e. The van der Waals surface area contributed by atoms with Crippen molar-refractivity contribution in [2.75, 3.05) is 12.4 Å². The molecular weight excluding hydrogens is 368 g/mol. The number of rotatable bonds is 5. The van der Waals surface area contributed by atoms with Crippen LogP contribution >= 0.6 is 0 Å². The van der Waals surface area contributed by atoms with Crippen LogP contribution in [0, 0.1) is 0 Å². The van der Waals surface area contributed by atoms with E-state index in [1.54, 1.807) is 16.8 Å². The highest BCUT2D eigenvalue weighted by Crippen LogP contribution is 2.19. The molecule has 10 heteroatoms. The number of fused-ring (bicyclic) bond motifs is 1. The van der Waals surface area contributed by atoms with Crippen molar-refractivity contribution in [1.82, 2.24) is 24.5 Å². The number of nitrogens with one attached hydrogen (secondary N) is 3. The lowest BCUT2D eigenvalue weighted by molar-refractivity contribution is 0.366. The summed E-state index contributed by atoms with van der Waals surface area (Å²) in [5, 5.41) is 7.76. The first-order valence-corrected chi connectivity index (χ1v) is 9.85. The van der Waals surface area contributed by atoms with Crippen LogP contribution in [0.2, 0.25) is 0 Å². The molecule has 3 N–H and O–H groups in total. The number of hydrogen-bond donors (Lipinski definition) is 3. The second-order valence-electron chi connectivity index (χ2n) is 7.08. The fourth-order valence-corrected chi connectivity index (χ4v) is 3.31. The molecular formula is C17H22N6O3S. The van der Waals surface area contributed by atoms with Crippen molar-refractivity contribution in [2.24, 2.45) is 0 Å². The van der Waals surface area contributed by atoms with Gasteiger partial charge in [-0.15, -0.1) is 0 Å². The van der Waals surface area contributed by atoms with E-state index >= 15 is 0 Å². The summed E-state index contributed by atoms with van der Waals surface area (Å²) in [7, 11) is -2.10. The second kappa shape index (κ2) is 6.78. The van der Waals surface area contributed by atoms with Crippen molar-refractivity contribution < 1.29 is 8.42 Å². The lowest BCUT2D eigenvalue weighted by atomic mass is 10.1. The molecule has 0 spiro atoms. The van der Waals surface area contributed by atoms with Crippen molar-refractivity contribution in [3.8, 4) is 0 Å². The Morgan fingerprint density at radius 3 is 2.44 bits per heavy atom. The van der Waals surface area contributed by atoms with Gasteiger partial charge >= 0.3 is 0 Å². The first kappa shape index (κ1) is 19.1. The molecule has 0 bridgehead atoms. The van der Waals surface area contributed by atoms with Gasteiger partial charge in [-0.05, 0) is 45.5 Å². The predicted molar refractivity (Wildman–Crippen MR) is 103 cm³/mol. The Hall–Kier alpha value is -2.72. The van der Waals surface area contributed by atoms with Crippen molar-refractivity contribution in [2.45, 2.75) is 37.8 Å². The van der Waals surface area contributed by atoms with Crippen molar-refractivity contribution in [1.29, 1.82) is 0 Å². The summed E-state index contributed by atoms with van der Waals surface area (Å²) in [4.78, 5) is 19.6. The molecule has 144 valence electrons. The largest absolute Gasteiger partial charge is 0.352 e. The Bertz CT molecular complexity index is 1120. The summed E-state index contributed by atoms with van der Waals surface area (Å²) >= 11 is 0. The summed E-state index contributed by atoms with van der Waals surface area (Å²) in [5.41, 5.74) is 0.767. The van der Waals surface area contributed by atoms with Crippen molar-refractivity contribution in [3.05, 3.63) is 46.4 Å². The molecule has 1 aromatic carbocycles. The van der Waals surface area contributed by atoms with E-state index in [2.05, 4.69) is 25.1 Å². The van der Waals surface area contributed by atoms with Crippen LogP contribution in [0.4, 0.5) is 5.95 Å². The quantitative estimate of drug-likeness (QED) is 0.605. The molecule has 3 aromatic rings. The maximum absolute atomic E-state index is 12.3. The van der Waals surface area contributed by atoms with Gasteiger partial charge in [0.15, 0.2) is 5.65 Å². The molecule has 3 rings (SSSR count).